The lowest BCUT2D eigenvalue weighted by molar-refractivity contribution is 0.604. The molecule has 2 aromatic rings. The summed E-state index contributed by atoms with van der Waals surface area (Å²) in [7, 11) is 0. The summed E-state index contributed by atoms with van der Waals surface area (Å²) in [4.78, 5) is 2.65. The molecule has 19 heavy (non-hydrogen) atoms. The first-order valence-corrected chi connectivity index (χ1v) is 8.39. The van der Waals surface area contributed by atoms with E-state index < -0.39 is 0 Å². The van der Waals surface area contributed by atoms with Gasteiger partial charge in [-0.05, 0) is 41.7 Å². The number of alkyl halides is 1. The van der Waals surface area contributed by atoms with Crippen LogP contribution in [0, 0.1) is 0 Å². The summed E-state index contributed by atoms with van der Waals surface area (Å²) in [6.07, 6.45) is 0.874. The van der Waals surface area contributed by atoms with E-state index >= 15 is 0 Å². The standard InChI is InChI=1S/C16H18BrClS/c1-16(2,3)15-9-8-14(19-15)13(18)10-11-4-6-12(17)7-5-11/h4-9,13H,10H2,1-3H3. The minimum absolute atomic E-state index is 0.0577. The van der Waals surface area contributed by atoms with Crippen molar-refractivity contribution < 1.29 is 0 Å². The van der Waals surface area contributed by atoms with Crippen LogP contribution in [0.2, 0.25) is 0 Å². The Balaban J connectivity index is 2.09. The molecule has 0 bridgehead atoms. The molecule has 0 amide bonds. The summed E-state index contributed by atoms with van der Waals surface area (Å²) in [6, 6.07) is 12.7. The number of rotatable bonds is 3. The first-order valence-electron chi connectivity index (χ1n) is 6.35. The highest BCUT2D eigenvalue weighted by Gasteiger charge is 2.19. The Morgan fingerprint density at radius 2 is 1.74 bits per heavy atom. The number of hydrogen-bond acceptors (Lipinski definition) is 1. The summed E-state index contributed by atoms with van der Waals surface area (Å²) in [5.41, 5.74) is 1.48. The lowest BCUT2D eigenvalue weighted by Crippen LogP contribution is -2.07. The molecule has 102 valence electrons. The van der Waals surface area contributed by atoms with E-state index in [1.807, 2.05) is 11.3 Å². The maximum Gasteiger partial charge on any atom is 0.0718 e. The van der Waals surface area contributed by atoms with E-state index in [9.17, 15) is 0 Å². The monoisotopic (exact) mass is 356 g/mol. The molecular weight excluding hydrogens is 340 g/mol. The zero-order valence-electron chi connectivity index (χ0n) is 11.4. The lowest BCUT2D eigenvalue weighted by Gasteiger charge is -2.15. The Morgan fingerprint density at radius 3 is 2.26 bits per heavy atom. The predicted molar refractivity (Wildman–Crippen MR) is 89.5 cm³/mol. The van der Waals surface area contributed by atoms with Gasteiger partial charge in [-0.15, -0.1) is 22.9 Å². The molecule has 0 nitrogen and oxygen atoms in total. The zero-order chi connectivity index (χ0) is 14.0. The third-order valence-electron chi connectivity index (χ3n) is 3.00. The van der Waals surface area contributed by atoms with E-state index in [0.717, 1.165) is 10.9 Å². The fourth-order valence-corrected chi connectivity index (χ4v) is 3.54. The smallest absolute Gasteiger partial charge is 0.0718 e. The Labute approximate surface area is 132 Å². The van der Waals surface area contributed by atoms with Gasteiger partial charge in [0.25, 0.3) is 0 Å². The molecule has 0 N–H and O–H groups in total. The highest BCUT2D eigenvalue weighted by molar-refractivity contribution is 9.10. The van der Waals surface area contributed by atoms with Crippen LogP contribution in [0.25, 0.3) is 0 Å². The molecule has 3 heteroatoms. The van der Waals surface area contributed by atoms with Crippen LogP contribution >= 0.6 is 38.9 Å². The van der Waals surface area contributed by atoms with E-state index in [4.69, 9.17) is 11.6 Å². The van der Waals surface area contributed by atoms with Gasteiger partial charge in [0.15, 0.2) is 0 Å². The van der Waals surface area contributed by atoms with Crippen LogP contribution in [-0.2, 0) is 11.8 Å². The molecule has 1 aromatic carbocycles. The summed E-state index contributed by atoms with van der Waals surface area (Å²) in [5.74, 6) is 0. The van der Waals surface area contributed by atoms with Crippen molar-refractivity contribution in [2.75, 3.05) is 0 Å². The van der Waals surface area contributed by atoms with Gasteiger partial charge in [0.1, 0.15) is 0 Å². The molecule has 1 aromatic heterocycles. The number of halogens is 2. The molecule has 0 aliphatic carbocycles. The van der Waals surface area contributed by atoms with E-state index in [-0.39, 0.29) is 10.8 Å². The maximum atomic E-state index is 6.54. The third-order valence-corrected chi connectivity index (χ3v) is 5.68. The molecule has 2 rings (SSSR count). The van der Waals surface area contributed by atoms with Gasteiger partial charge in [-0.3, -0.25) is 0 Å². The van der Waals surface area contributed by atoms with Crippen molar-refractivity contribution in [3.63, 3.8) is 0 Å². The normalized spacial score (nSPS) is 13.5. The van der Waals surface area contributed by atoms with Crippen LogP contribution in [-0.4, -0.2) is 0 Å². The zero-order valence-corrected chi connectivity index (χ0v) is 14.6. The molecule has 0 saturated heterocycles. The van der Waals surface area contributed by atoms with Crippen LogP contribution in [0.4, 0.5) is 0 Å². The lowest BCUT2D eigenvalue weighted by atomic mass is 9.95. The Bertz CT molecular complexity index is 537. The van der Waals surface area contributed by atoms with Crippen LogP contribution in [0.1, 0.15) is 41.5 Å². The third kappa shape index (κ3) is 4.08. The number of benzene rings is 1. The van der Waals surface area contributed by atoms with Crippen molar-refractivity contribution in [1.29, 1.82) is 0 Å². The van der Waals surface area contributed by atoms with E-state index in [2.05, 4.69) is 73.1 Å². The maximum absolute atomic E-state index is 6.54. The Morgan fingerprint density at radius 1 is 1.11 bits per heavy atom. The predicted octanol–water partition coefficient (Wildman–Crippen LogP) is 6.33. The molecule has 1 atom stereocenters. The van der Waals surface area contributed by atoms with Gasteiger partial charge in [0, 0.05) is 14.2 Å². The van der Waals surface area contributed by atoms with Crippen LogP contribution in [0.15, 0.2) is 40.9 Å². The first kappa shape index (κ1) is 15.1. The quantitative estimate of drug-likeness (QED) is 0.563. The largest absolute Gasteiger partial charge is 0.143 e. The minimum Gasteiger partial charge on any atom is -0.143 e. The van der Waals surface area contributed by atoms with E-state index in [0.29, 0.717) is 0 Å². The minimum atomic E-state index is 0.0577. The van der Waals surface area contributed by atoms with E-state index in [1.165, 1.54) is 15.3 Å². The van der Waals surface area contributed by atoms with E-state index in [1.54, 1.807) is 0 Å². The fraction of sp³-hybridized carbons (Fsp3) is 0.375. The van der Waals surface area contributed by atoms with Crippen molar-refractivity contribution in [3.05, 3.63) is 56.2 Å². The van der Waals surface area contributed by atoms with Gasteiger partial charge in [-0.2, -0.15) is 0 Å². The van der Waals surface area contributed by atoms with Crippen molar-refractivity contribution in [2.24, 2.45) is 0 Å². The Hall–Kier alpha value is -0.310. The average Bonchev–Trinajstić information content (AvgIpc) is 2.81. The molecule has 1 unspecified atom stereocenters. The molecular formula is C16H18BrClS. The van der Waals surface area contributed by atoms with Gasteiger partial charge in [0.2, 0.25) is 0 Å². The van der Waals surface area contributed by atoms with Gasteiger partial charge in [-0.1, -0.05) is 48.8 Å². The van der Waals surface area contributed by atoms with Crippen LogP contribution < -0.4 is 0 Å². The van der Waals surface area contributed by atoms with Crippen molar-refractivity contribution in [2.45, 2.75) is 38.0 Å². The Kier molecular flexibility index (Phi) is 4.75. The summed E-state index contributed by atoms with van der Waals surface area (Å²) < 4.78 is 1.11. The summed E-state index contributed by atoms with van der Waals surface area (Å²) in [5, 5.41) is 0.0577. The SMILES string of the molecule is CC(C)(C)c1ccc(C(Cl)Cc2ccc(Br)cc2)s1. The summed E-state index contributed by atoms with van der Waals surface area (Å²) >= 11 is 11.8. The van der Waals surface area contributed by atoms with Gasteiger partial charge in [0.05, 0.1) is 5.38 Å². The average molecular weight is 358 g/mol. The van der Waals surface area contributed by atoms with Gasteiger partial charge >= 0.3 is 0 Å². The van der Waals surface area contributed by atoms with Crippen molar-refractivity contribution in [3.8, 4) is 0 Å². The first-order chi connectivity index (χ1) is 8.86. The van der Waals surface area contributed by atoms with Gasteiger partial charge < -0.3 is 0 Å². The second-order valence-corrected chi connectivity index (χ2v) is 8.31. The molecule has 0 fully saturated rings. The van der Waals surface area contributed by atoms with Crippen LogP contribution in [0.3, 0.4) is 0 Å². The molecule has 1 heterocycles. The highest BCUT2D eigenvalue weighted by atomic mass is 79.9. The molecule has 0 aliphatic rings. The summed E-state index contributed by atoms with van der Waals surface area (Å²) in [6.45, 7) is 6.71. The topological polar surface area (TPSA) is 0 Å². The molecule has 0 spiro atoms. The highest BCUT2D eigenvalue weighted by Crippen LogP contribution is 2.36. The molecule has 0 saturated carbocycles. The molecule has 0 aliphatic heterocycles. The van der Waals surface area contributed by atoms with Crippen molar-refractivity contribution in [1.82, 2.24) is 0 Å². The van der Waals surface area contributed by atoms with Gasteiger partial charge in [-0.25, -0.2) is 0 Å². The second-order valence-electron chi connectivity index (χ2n) is 5.75. The fourth-order valence-electron chi connectivity index (χ4n) is 1.85. The van der Waals surface area contributed by atoms with Crippen molar-refractivity contribution >= 4 is 38.9 Å². The van der Waals surface area contributed by atoms with Crippen LogP contribution in [0.5, 0.6) is 0 Å². The number of thiophene rings is 1. The second kappa shape index (κ2) is 5.99. The molecule has 0 radical (unpaired) electrons. The number of hydrogen-bond donors (Lipinski definition) is 0.